The van der Waals surface area contributed by atoms with E-state index in [4.69, 9.17) is 0 Å². The minimum absolute atomic E-state index is 0.158. The molecule has 2 fully saturated rings. The van der Waals surface area contributed by atoms with Gasteiger partial charge in [0, 0.05) is 24.7 Å². The lowest BCUT2D eigenvalue weighted by Gasteiger charge is -2.35. The number of hydrogen-bond acceptors (Lipinski definition) is 2. The number of likely N-dealkylation sites (tertiary alicyclic amines) is 1. The number of hydrogen-bond donors (Lipinski definition) is 0. The van der Waals surface area contributed by atoms with Crippen LogP contribution in [0, 0.1) is 11.8 Å². The molecule has 1 aliphatic carbocycles. The maximum absolute atomic E-state index is 12.9. The summed E-state index contributed by atoms with van der Waals surface area (Å²) in [6.07, 6.45) is 8.29. The Morgan fingerprint density at radius 2 is 1.83 bits per heavy atom. The van der Waals surface area contributed by atoms with E-state index >= 15 is 0 Å². The van der Waals surface area contributed by atoms with Crippen molar-refractivity contribution in [3.05, 3.63) is 30.1 Å². The lowest BCUT2D eigenvalue weighted by molar-refractivity contribution is 0.0623. The zero-order valence-electron chi connectivity index (χ0n) is 14.7. The Kier molecular flexibility index (Phi) is 4.07. The van der Waals surface area contributed by atoms with Gasteiger partial charge in [-0.3, -0.25) is 4.79 Å². The van der Waals surface area contributed by atoms with E-state index in [9.17, 15) is 4.79 Å². The van der Waals surface area contributed by atoms with Crippen LogP contribution in [0.5, 0.6) is 0 Å². The highest BCUT2D eigenvalue weighted by Gasteiger charge is 2.26. The minimum Gasteiger partial charge on any atom is -0.338 e. The van der Waals surface area contributed by atoms with Gasteiger partial charge in [0.25, 0.3) is 5.91 Å². The third kappa shape index (κ3) is 2.83. The molecule has 4 nitrogen and oxygen atoms in total. The van der Waals surface area contributed by atoms with Crippen LogP contribution in [0.3, 0.4) is 0 Å². The summed E-state index contributed by atoms with van der Waals surface area (Å²) in [5.41, 5.74) is 2.89. The summed E-state index contributed by atoms with van der Waals surface area (Å²) in [6, 6.07) is 6.64. The Morgan fingerprint density at radius 1 is 1.12 bits per heavy atom. The van der Waals surface area contributed by atoms with E-state index in [-0.39, 0.29) is 5.91 Å². The molecule has 2 aromatic rings. The molecule has 0 N–H and O–H groups in total. The average molecular weight is 325 g/mol. The number of amides is 1. The van der Waals surface area contributed by atoms with Crippen LogP contribution in [0.1, 0.15) is 62.4 Å². The first-order valence-corrected chi connectivity index (χ1v) is 9.37. The van der Waals surface area contributed by atoms with Crippen molar-refractivity contribution < 1.29 is 4.79 Å². The molecule has 4 rings (SSSR count). The van der Waals surface area contributed by atoms with Gasteiger partial charge in [0.2, 0.25) is 0 Å². The molecule has 2 atom stereocenters. The Morgan fingerprint density at radius 3 is 2.54 bits per heavy atom. The zero-order chi connectivity index (χ0) is 16.7. The molecule has 0 bridgehead atoms. The third-order valence-electron chi connectivity index (χ3n) is 5.70. The van der Waals surface area contributed by atoms with Gasteiger partial charge >= 0.3 is 0 Å². The summed E-state index contributed by atoms with van der Waals surface area (Å²) in [6.45, 7) is 6.22. The molecule has 4 heteroatoms. The quantitative estimate of drug-likeness (QED) is 0.827. The van der Waals surface area contributed by atoms with Gasteiger partial charge in [-0.2, -0.15) is 0 Å². The summed E-state index contributed by atoms with van der Waals surface area (Å²) >= 11 is 0. The molecule has 1 amide bonds. The van der Waals surface area contributed by atoms with Gasteiger partial charge in [0.15, 0.2) is 0 Å². The smallest absolute Gasteiger partial charge is 0.253 e. The number of fused-ring (bicyclic) bond motifs is 1. The predicted molar refractivity (Wildman–Crippen MR) is 96.1 cm³/mol. The number of piperidine rings is 1. The van der Waals surface area contributed by atoms with Crippen LogP contribution in [0.15, 0.2) is 24.5 Å². The third-order valence-corrected chi connectivity index (χ3v) is 5.70. The molecule has 2 heterocycles. The van der Waals surface area contributed by atoms with Crippen LogP contribution in [0.4, 0.5) is 0 Å². The van der Waals surface area contributed by atoms with Gasteiger partial charge in [-0.15, -0.1) is 0 Å². The van der Waals surface area contributed by atoms with E-state index in [0.717, 1.165) is 24.2 Å². The van der Waals surface area contributed by atoms with Gasteiger partial charge in [0.05, 0.1) is 17.4 Å². The molecular weight excluding hydrogens is 298 g/mol. The zero-order valence-corrected chi connectivity index (χ0v) is 14.7. The molecule has 1 aromatic carbocycles. The van der Waals surface area contributed by atoms with Crippen molar-refractivity contribution in [2.45, 2.75) is 52.0 Å². The van der Waals surface area contributed by atoms with E-state index in [0.29, 0.717) is 17.9 Å². The second-order valence-electron chi connectivity index (χ2n) is 7.95. The summed E-state index contributed by atoms with van der Waals surface area (Å²) in [7, 11) is 0. The van der Waals surface area contributed by atoms with Crippen molar-refractivity contribution in [2.24, 2.45) is 11.8 Å². The molecule has 2 unspecified atom stereocenters. The van der Waals surface area contributed by atoms with E-state index in [1.54, 1.807) is 0 Å². The number of nitrogens with zero attached hydrogens (tertiary/aromatic N) is 3. The van der Waals surface area contributed by atoms with Crippen molar-refractivity contribution in [1.29, 1.82) is 0 Å². The molecule has 1 saturated heterocycles. The number of carbonyl (C=O) groups excluding carboxylic acids is 1. The first-order chi connectivity index (χ1) is 11.6. The molecule has 0 radical (unpaired) electrons. The summed E-state index contributed by atoms with van der Waals surface area (Å²) in [4.78, 5) is 19.5. The first-order valence-electron chi connectivity index (χ1n) is 9.37. The Balaban J connectivity index is 1.59. The molecule has 128 valence electrons. The summed E-state index contributed by atoms with van der Waals surface area (Å²) in [5.74, 6) is 1.33. The first kappa shape index (κ1) is 15.7. The Bertz CT molecular complexity index is 734. The van der Waals surface area contributed by atoms with Crippen LogP contribution in [0.25, 0.3) is 11.0 Å². The molecular formula is C20H27N3O. The van der Waals surface area contributed by atoms with E-state index in [1.807, 2.05) is 23.4 Å². The highest BCUT2D eigenvalue weighted by atomic mass is 16.2. The predicted octanol–water partition coefficient (Wildman–Crippen LogP) is 4.27. The monoisotopic (exact) mass is 325 g/mol. The lowest BCUT2D eigenvalue weighted by Crippen LogP contribution is -2.42. The van der Waals surface area contributed by atoms with E-state index in [2.05, 4.69) is 29.5 Å². The van der Waals surface area contributed by atoms with Crippen molar-refractivity contribution in [2.75, 3.05) is 13.1 Å². The maximum Gasteiger partial charge on any atom is 0.253 e. The standard InChI is InChI=1S/C20H27N3O/c1-14-9-15(2)12-22(11-14)20(24)16-7-8-19-18(10-16)21-13-23(19)17-5-3-4-6-17/h7-8,10,13-15,17H,3-6,9,11-12H2,1-2H3. The van der Waals surface area contributed by atoms with Gasteiger partial charge in [0.1, 0.15) is 0 Å². The van der Waals surface area contributed by atoms with Crippen molar-refractivity contribution in [3.63, 3.8) is 0 Å². The molecule has 1 saturated carbocycles. The second kappa shape index (κ2) is 6.23. The number of carbonyl (C=O) groups is 1. The van der Waals surface area contributed by atoms with Crippen LogP contribution in [0.2, 0.25) is 0 Å². The number of aromatic nitrogens is 2. The second-order valence-corrected chi connectivity index (χ2v) is 7.95. The van der Waals surface area contributed by atoms with Gasteiger partial charge in [-0.1, -0.05) is 26.7 Å². The number of rotatable bonds is 2. The minimum atomic E-state index is 0.158. The Labute approximate surface area is 143 Å². The molecule has 1 aromatic heterocycles. The fourth-order valence-electron chi connectivity index (χ4n) is 4.65. The van der Waals surface area contributed by atoms with Crippen molar-refractivity contribution in [1.82, 2.24) is 14.5 Å². The summed E-state index contributed by atoms with van der Waals surface area (Å²) in [5, 5.41) is 0. The molecule has 1 aliphatic heterocycles. The normalized spacial score (nSPS) is 25.5. The fourth-order valence-corrected chi connectivity index (χ4v) is 4.65. The van der Waals surface area contributed by atoms with Crippen LogP contribution in [-0.2, 0) is 0 Å². The fraction of sp³-hybridized carbons (Fsp3) is 0.600. The molecule has 24 heavy (non-hydrogen) atoms. The highest BCUT2D eigenvalue weighted by molar-refractivity contribution is 5.97. The van der Waals surface area contributed by atoms with Crippen LogP contribution in [-0.4, -0.2) is 33.4 Å². The van der Waals surface area contributed by atoms with E-state index in [1.165, 1.54) is 37.6 Å². The largest absolute Gasteiger partial charge is 0.338 e. The SMILES string of the molecule is CC1CC(C)CN(C(=O)c2ccc3c(c2)ncn3C2CCCC2)C1. The van der Waals surface area contributed by atoms with Gasteiger partial charge in [-0.05, 0) is 49.3 Å². The maximum atomic E-state index is 12.9. The van der Waals surface area contributed by atoms with Gasteiger partial charge in [-0.25, -0.2) is 4.98 Å². The van der Waals surface area contributed by atoms with Crippen LogP contribution < -0.4 is 0 Å². The molecule has 0 spiro atoms. The highest BCUT2D eigenvalue weighted by Crippen LogP contribution is 2.32. The van der Waals surface area contributed by atoms with E-state index < -0.39 is 0 Å². The van der Waals surface area contributed by atoms with Crippen LogP contribution >= 0.6 is 0 Å². The summed E-state index contributed by atoms with van der Waals surface area (Å²) < 4.78 is 2.31. The van der Waals surface area contributed by atoms with Crippen molar-refractivity contribution in [3.8, 4) is 0 Å². The Hall–Kier alpha value is -1.84. The average Bonchev–Trinajstić information content (AvgIpc) is 3.21. The lowest BCUT2D eigenvalue weighted by atomic mass is 9.91. The van der Waals surface area contributed by atoms with Gasteiger partial charge < -0.3 is 9.47 Å². The number of benzene rings is 1. The molecule has 2 aliphatic rings. The topological polar surface area (TPSA) is 38.1 Å². The van der Waals surface area contributed by atoms with Crippen molar-refractivity contribution >= 4 is 16.9 Å². The number of imidazole rings is 1.